The summed E-state index contributed by atoms with van der Waals surface area (Å²) in [5.74, 6) is 0.640. The zero-order valence-electron chi connectivity index (χ0n) is 27.1. The fraction of sp³-hybridized carbons (Fsp3) is 0.231. The molecule has 0 saturated carbocycles. The largest absolute Gasteiger partial charge is 0.381 e. The van der Waals surface area contributed by atoms with Crippen molar-refractivity contribution in [2.45, 2.75) is 19.3 Å². The standard InChI is InChI=1S/C39H33FN6O3S/c40-29-7-3-8-30-33(29)44-35(43-30)32-21-25-14-18-46(31-9-2-1-5-27(31)34(25)50-32)38(48)24-10-12-26(13-11-24)42-37(47)28-6-4-17-41-36(28)45-22-39(23-45)15-19-49-20-16-39/h1-13,17,21H,14-16,18-20,22-23H2,(H,42,47)(H,43,44). The monoisotopic (exact) mass is 684 g/mol. The number of fused-ring (bicyclic) bond motifs is 4. The number of para-hydroxylation sites is 2. The predicted octanol–water partition coefficient (Wildman–Crippen LogP) is 7.56. The molecule has 6 heterocycles. The minimum Gasteiger partial charge on any atom is -0.381 e. The molecule has 0 aliphatic carbocycles. The molecule has 0 atom stereocenters. The van der Waals surface area contributed by atoms with E-state index in [2.05, 4.69) is 31.2 Å². The molecule has 2 fully saturated rings. The van der Waals surface area contributed by atoms with Crippen molar-refractivity contribution in [2.24, 2.45) is 5.41 Å². The molecule has 3 aromatic heterocycles. The van der Waals surface area contributed by atoms with E-state index in [9.17, 15) is 14.0 Å². The molecule has 9 rings (SSSR count). The van der Waals surface area contributed by atoms with Gasteiger partial charge in [0, 0.05) is 66.2 Å². The van der Waals surface area contributed by atoms with Crippen LogP contribution in [0.5, 0.6) is 0 Å². The maximum absolute atomic E-state index is 14.4. The minimum absolute atomic E-state index is 0.118. The molecule has 0 radical (unpaired) electrons. The molecule has 0 bridgehead atoms. The van der Waals surface area contributed by atoms with Crippen LogP contribution >= 0.6 is 11.3 Å². The maximum atomic E-state index is 14.4. The van der Waals surface area contributed by atoms with Crippen molar-refractivity contribution < 1.29 is 18.7 Å². The highest BCUT2D eigenvalue weighted by Gasteiger charge is 2.45. The van der Waals surface area contributed by atoms with E-state index >= 15 is 0 Å². The number of amides is 2. The van der Waals surface area contributed by atoms with Crippen molar-refractivity contribution in [3.05, 3.63) is 114 Å². The van der Waals surface area contributed by atoms with Crippen molar-refractivity contribution in [2.75, 3.05) is 48.0 Å². The summed E-state index contributed by atoms with van der Waals surface area (Å²) in [6, 6.07) is 25.5. The van der Waals surface area contributed by atoms with Gasteiger partial charge in [0.2, 0.25) is 0 Å². The van der Waals surface area contributed by atoms with E-state index in [4.69, 9.17) is 4.74 Å². The molecule has 2 amide bonds. The Balaban J connectivity index is 0.922. The van der Waals surface area contributed by atoms with E-state index in [1.54, 1.807) is 66.1 Å². The Morgan fingerprint density at radius 3 is 2.60 bits per heavy atom. The lowest BCUT2D eigenvalue weighted by molar-refractivity contribution is -0.000509. The summed E-state index contributed by atoms with van der Waals surface area (Å²) >= 11 is 1.59. The van der Waals surface area contributed by atoms with Crippen LogP contribution < -0.4 is 15.1 Å². The zero-order chi connectivity index (χ0) is 33.8. The summed E-state index contributed by atoms with van der Waals surface area (Å²) in [4.78, 5) is 45.8. The number of imidazole rings is 1. The van der Waals surface area contributed by atoms with Crippen LogP contribution in [-0.4, -0.2) is 59.6 Å². The Labute approximate surface area is 291 Å². The van der Waals surface area contributed by atoms with E-state index < -0.39 is 0 Å². The Bertz CT molecular complexity index is 2270. The van der Waals surface area contributed by atoms with Crippen LogP contribution in [0.2, 0.25) is 0 Å². The number of carbonyl (C=O) groups is 2. The number of ether oxygens (including phenoxy) is 1. The molecule has 9 nitrogen and oxygen atoms in total. The number of nitrogens with one attached hydrogen (secondary N) is 2. The lowest BCUT2D eigenvalue weighted by Gasteiger charge is -2.53. The van der Waals surface area contributed by atoms with Crippen LogP contribution in [0.4, 0.5) is 21.6 Å². The summed E-state index contributed by atoms with van der Waals surface area (Å²) in [5.41, 5.74) is 5.80. The fourth-order valence-corrected chi connectivity index (χ4v) is 8.64. The van der Waals surface area contributed by atoms with Crippen molar-refractivity contribution in [3.8, 4) is 21.1 Å². The topological polar surface area (TPSA) is 103 Å². The van der Waals surface area contributed by atoms with Crippen LogP contribution in [0.1, 0.15) is 39.1 Å². The highest BCUT2D eigenvalue weighted by atomic mass is 32.1. The van der Waals surface area contributed by atoms with Crippen molar-refractivity contribution in [1.82, 2.24) is 15.0 Å². The maximum Gasteiger partial charge on any atom is 0.259 e. The number of rotatable bonds is 5. The number of benzene rings is 3. The van der Waals surface area contributed by atoms with Gasteiger partial charge in [-0.2, -0.15) is 0 Å². The average molecular weight is 685 g/mol. The summed E-state index contributed by atoms with van der Waals surface area (Å²) < 4.78 is 19.9. The minimum atomic E-state index is -0.331. The van der Waals surface area contributed by atoms with E-state index in [-0.39, 0.29) is 23.0 Å². The molecule has 250 valence electrons. The summed E-state index contributed by atoms with van der Waals surface area (Å²) in [6.45, 7) is 3.82. The van der Waals surface area contributed by atoms with Gasteiger partial charge in [-0.1, -0.05) is 24.3 Å². The second-order valence-corrected chi connectivity index (χ2v) is 14.3. The van der Waals surface area contributed by atoms with Crippen LogP contribution in [0.15, 0.2) is 91.1 Å². The smallest absolute Gasteiger partial charge is 0.259 e. The first-order chi connectivity index (χ1) is 24.4. The first-order valence-electron chi connectivity index (χ1n) is 16.8. The molecule has 2 N–H and O–H groups in total. The molecule has 11 heteroatoms. The van der Waals surface area contributed by atoms with Gasteiger partial charge < -0.3 is 24.8 Å². The van der Waals surface area contributed by atoms with Crippen molar-refractivity contribution >= 4 is 51.4 Å². The lowest BCUT2D eigenvalue weighted by atomic mass is 9.73. The van der Waals surface area contributed by atoms with Gasteiger partial charge in [-0.15, -0.1) is 11.3 Å². The quantitative estimate of drug-likeness (QED) is 0.194. The van der Waals surface area contributed by atoms with Crippen LogP contribution in [0.25, 0.3) is 32.2 Å². The van der Waals surface area contributed by atoms with Gasteiger partial charge in [0.25, 0.3) is 11.8 Å². The molecule has 1 spiro atoms. The van der Waals surface area contributed by atoms with E-state index in [0.717, 1.165) is 65.7 Å². The molecular formula is C39H33FN6O3S. The van der Waals surface area contributed by atoms with Gasteiger partial charge in [0.15, 0.2) is 0 Å². The number of halogens is 1. The van der Waals surface area contributed by atoms with Crippen molar-refractivity contribution in [3.63, 3.8) is 0 Å². The van der Waals surface area contributed by atoms with Gasteiger partial charge >= 0.3 is 0 Å². The second kappa shape index (κ2) is 12.2. The molecule has 3 aromatic carbocycles. The van der Waals surface area contributed by atoms with Crippen molar-refractivity contribution in [1.29, 1.82) is 0 Å². The number of anilines is 3. The van der Waals surface area contributed by atoms with Gasteiger partial charge in [-0.25, -0.2) is 14.4 Å². The first-order valence-corrected chi connectivity index (χ1v) is 17.6. The highest BCUT2D eigenvalue weighted by molar-refractivity contribution is 7.19. The molecule has 3 aliphatic heterocycles. The molecule has 6 aromatic rings. The first kappa shape index (κ1) is 30.7. The van der Waals surface area contributed by atoms with Gasteiger partial charge in [-0.3, -0.25) is 9.59 Å². The van der Waals surface area contributed by atoms with Crippen LogP contribution in [-0.2, 0) is 11.2 Å². The molecule has 3 aliphatic rings. The number of thiophene rings is 1. The summed E-state index contributed by atoms with van der Waals surface area (Å²) in [5, 5.41) is 3.01. The number of H-pyrrole nitrogens is 1. The average Bonchev–Trinajstić information content (AvgIpc) is 3.74. The predicted molar refractivity (Wildman–Crippen MR) is 194 cm³/mol. The van der Waals surface area contributed by atoms with E-state index in [1.807, 2.05) is 29.2 Å². The Hall–Kier alpha value is -5.39. The summed E-state index contributed by atoms with van der Waals surface area (Å²) in [6.07, 6.45) is 4.45. The van der Waals surface area contributed by atoms with Gasteiger partial charge in [0.1, 0.15) is 23.0 Å². The number of hydrogen-bond acceptors (Lipinski definition) is 7. The van der Waals surface area contributed by atoms with Crippen LogP contribution in [0.3, 0.4) is 0 Å². The van der Waals surface area contributed by atoms with E-state index in [0.29, 0.717) is 52.5 Å². The highest BCUT2D eigenvalue weighted by Crippen LogP contribution is 2.45. The number of hydrogen-bond donors (Lipinski definition) is 2. The third-order valence-electron chi connectivity index (χ3n) is 10.1. The lowest BCUT2D eigenvalue weighted by Crippen LogP contribution is -2.59. The number of pyridine rings is 1. The third-order valence-corrected chi connectivity index (χ3v) is 11.3. The van der Waals surface area contributed by atoms with Crippen LogP contribution in [0, 0.1) is 11.2 Å². The molecule has 0 unspecified atom stereocenters. The number of aromatic nitrogens is 3. The molecule has 50 heavy (non-hydrogen) atoms. The normalized spacial score (nSPS) is 16.4. The SMILES string of the molecule is O=C(Nc1ccc(C(=O)N2CCc3cc(-c4nc5cccc(F)c5[nH]4)sc3-c3ccccc32)cc1)c1cccnc1N1CC2(CCOCC2)C1. The zero-order valence-corrected chi connectivity index (χ0v) is 27.9. The van der Waals surface area contributed by atoms with Gasteiger partial charge in [0.05, 0.1) is 21.6 Å². The Morgan fingerprint density at radius 1 is 0.960 bits per heavy atom. The fourth-order valence-electron chi connectivity index (χ4n) is 7.45. The molecular weight excluding hydrogens is 652 g/mol. The Morgan fingerprint density at radius 2 is 1.78 bits per heavy atom. The Kier molecular flexibility index (Phi) is 7.47. The summed E-state index contributed by atoms with van der Waals surface area (Å²) in [7, 11) is 0. The number of aromatic amines is 1. The number of carbonyl (C=O) groups excluding carboxylic acids is 2. The van der Waals surface area contributed by atoms with Gasteiger partial charge in [-0.05, 0) is 85.5 Å². The molecule has 2 saturated heterocycles. The number of nitrogens with zero attached hydrogens (tertiary/aromatic N) is 4. The van der Waals surface area contributed by atoms with E-state index in [1.165, 1.54) is 6.07 Å². The third kappa shape index (κ3) is 5.33. The second-order valence-electron chi connectivity index (χ2n) is 13.3.